The van der Waals surface area contributed by atoms with Crippen LogP contribution < -0.4 is 10.6 Å². The summed E-state index contributed by atoms with van der Waals surface area (Å²) in [4.78, 5) is 12.1. The summed E-state index contributed by atoms with van der Waals surface area (Å²) in [7, 11) is 1.70. The van der Waals surface area contributed by atoms with Gasteiger partial charge in [0.25, 0.3) is 0 Å². The van der Waals surface area contributed by atoms with Gasteiger partial charge in [0.2, 0.25) is 5.91 Å². The summed E-state index contributed by atoms with van der Waals surface area (Å²) < 4.78 is 14.7. The van der Waals surface area contributed by atoms with Gasteiger partial charge in [-0.1, -0.05) is 48.9 Å². The third kappa shape index (κ3) is 3.46. The molecule has 22 heavy (non-hydrogen) atoms. The van der Waals surface area contributed by atoms with Gasteiger partial charge in [0.15, 0.2) is 5.82 Å². The average Bonchev–Trinajstić information content (AvgIpc) is 2.51. The minimum atomic E-state index is -0.491. The molecule has 5 heteroatoms. The van der Waals surface area contributed by atoms with Crippen LogP contribution in [0.1, 0.15) is 13.3 Å². The zero-order valence-corrected chi connectivity index (χ0v) is 13.2. The van der Waals surface area contributed by atoms with E-state index >= 15 is 0 Å². The van der Waals surface area contributed by atoms with Gasteiger partial charge >= 0.3 is 0 Å². The fourth-order valence-electron chi connectivity index (χ4n) is 2.26. The number of benzene rings is 2. The van der Waals surface area contributed by atoms with Gasteiger partial charge in [0.05, 0.1) is 11.7 Å². The van der Waals surface area contributed by atoms with E-state index in [1.807, 2.05) is 6.92 Å². The molecule has 0 bridgehead atoms. The molecule has 3 nitrogen and oxygen atoms in total. The van der Waals surface area contributed by atoms with Crippen LogP contribution in [0, 0.1) is 5.82 Å². The van der Waals surface area contributed by atoms with Gasteiger partial charge in [-0.05, 0) is 25.6 Å². The summed E-state index contributed by atoms with van der Waals surface area (Å²) in [6, 6.07) is 11.5. The molecule has 0 aliphatic carbocycles. The van der Waals surface area contributed by atoms with Gasteiger partial charge in [-0.3, -0.25) is 4.79 Å². The molecule has 0 spiro atoms. The number of halogens is 2. The van der Waals surface area contributed by atoms with Crippen LogP contribution in [0.4, 0.5) is 10.1 Å². The molecule has 116 valence electrons. The first-order valence-corrected chi connectivity index (χ1v) is 7.47. The molecule has 0 aromatic heterocycles. The van der Waals surface area contributed by atoms with Crippen molar-refractivity contribution in [1.82, 2.24) is 5.32 Å². The Bertz CT molecular complexity index is 671. The smallest absolute Gasteiger partial charge is 0.241 e. The largest absolute Gasteiger partial charge is 0.322 e. The van der Waals surface area contributed by atoms with Gasteiger partial charge in [0, 0.05) is 16.1 Å². The number of carbonyl (C=O) groups is 1. The molecule has 2 rings (SSSR count). The highest BCUT2D eigenvalue weighted by Gasteiger charge is 2.18. The summed E-state index contributed by atoms with van der Waals surface area (Å²) >= 11 is 6.12. The molecule has 0 aliphatic heterocycles. The first-order chi connectivity index (χ1) is 10.6. The van der Waals surface area contributed by atoms with Crippen molar-refractivity contribution < 1.29 is 9.18 Å². The van der Waals surface area contributed by atoms with Gasteiger partial charge in [0.1, 0.15) is 0 Å². The van der Waals surface area contributed by atoms with E-state index < -0.39 is 5.82 Å². The Morgan fingerprint density at radius 2 is 1.86 bits per heavy atom. The third-order valence-corrected chi connectivity index (χ3v) is 3.82. The predicted octanol–water partition coefficient (Wildman–Crippen LogP) is 4.08. The fraction of sp³-hybridized carbons (Fsp3) is 0.235. The molecule has 1 atom stereocenters. The van der Waals surface area contributed by atoms with Gasteiger partial charge in [-0.15, -0.1) is 0 Å². The van der Waals surface area contributed by atoms with Gasteiger partial charge < -0.3 is 10.6 Å². The Kier molecular flexibility index (Phi) is 5.52. The van der Waals surface area contributed by atoms with Crippen LogP contribution in [0.25, 0.3) is 11.1 Å². The lowest BCUT2D eigenvalue weighted by molar-refractivity contribution is -0.118. The average molecular weight is 321 g/mol. The van der Waals surface area contributed by atoms with Crippen molar-refractivity contribution in [3.63, 3.8) is 0 Å². The topological polar surface area (TPSA) is 41.1 Å². The Hall–Kier alpha value is -1.91. The van der Waals surface area contributed by atoms with Crippen LogP contribution in [0.3, 0.4) is 0 Å². The van der Waals surface area contributed by atoms with E-state index in [0.29, 0.717) is 22.6 Å². The van der Waals surface area contributed by atoms with Crippen LogP contribution >= 0.6 is 11.6 Å². The maximum Gasteiger partial charge on any atom is 0.241 e. The molecule has 0 saturated heterocycles. The molecule has 1 amide bonds. The van der Waals surface area contributed by atoms with Crippen molar-refractivity contribution in [2.45, 2.75) is 19.4 Å². The maximum absolute atomic E-state index is 14.7. The van der Waals surface area contributed by atoms with E-state index in [1.54, 1.807) is 43.4 Å². The highest BCUT2D eigenvalue weighted by atomic mass is 35.5. The van der Waals surface area contributed by atoms with Crippen LogP contribution in [-0.2, 0) is 4.79 Å². The maximum atomic E-state index is 14.7. The number of rotatable bonds is 5. The lowest BCUT2D eigenvalue weighted by atomic mass is 10.0. The minimum Gasteiger partial charge on any atom is -0.322 e. The van der Waals surface area contributed by atoms with Crippen molar-refractivity contribution in [2.24, 2.45) is 0 Å². The zero-order valence-electron chi connectivity index (χ0n) is 12.5. The fourth-order valence-corrected chi connectivity index (χ4v) is 2.49. The molecule has 0 aliphatic rings. The molecule has 0 heterocycles. The van der Waals surface area contributed by atoms with E-state index in [4.69, 9.17) is 11.6 Å². The van der Waals surface area contributed by atoms with Crippen LogP contribution in [-0.4, -0.2) is 19.0 Å². The second-order valence-electron chi connectivity index (χ2n) is 4.89. The van der Waals surface area contributed by atoms with Gasteiger partial charge in [-0.25, -0.2) is 4.39 Å². The van der Waals surface area contributed by atoms with Crippen molar-refractivity contribution in [1.29, 1.82) is 0 Å². The first kappa shape index (κ1) is 16.5. The lowest BCUT2D eigenvalue weighted by Crippen LogP contribution is -2.37. The molecule has 0 radical (unpaired) electrons. The Labute approximate surface area is 134 Å². The van der Waals surface area contributed by atoms with Gasteiger partial charge in [-0.2, -0.15) is 0 Å². The van der Waals surface area contributed by atoms with E-state index in [-0.39, 0.29) is 17.6 Å². The molecule has 0 fully saturated rings. The van der Waals surface area contributed by atoms with Crippen molar-refractivity contribution in [3.05, 3.63) is 53.3 Å². The van der Waals surface area contributed by atoms with Crippen LogP contribution in [0.5, 0.6) is 0 Å². The molecule has 0 saturated carbocycles. The lowest BCUT2D eigenvalue weighted by Gasteiger charge is -2.15. The second kappa shape index (κ2) is 7.38. The number of carbonyl (C=O) groups excluding carboxylic acids is 1. The van der Waals surface area contributed by atoms with Crippen molar-refractivity contribution >= 4 is 23.2 Å². The Morgan fingerprint density at radius 1 is 1.18 bits per heavy atom. The number of hydrogen-bond donors (Lipinski definition) is 2. The molecule has 1 unspecified atom stereocenters. The second-order valence-corrected chi connectivity index (χ2v) is 5.29. The van der Waals surface area contributed by atoms with E-state index in [0.717, 1.165) is 0 Å². The zero-order chi connectivity index (χ0) is 16.1. The molecular formula is C17H18ClFN2O. The quantitative estimate of drug-likeness (QED) is 0.871. The Morgan fingerprint density at radius 3 is 2.50 bits per heavy atom. The number of hydrogen-bond acceptors (Lipinski definition) is 2. The van der Waals surface area contributed by atoms with E-state index in [1.165, 1.54) is 6.07 Å². The van der Waals surface area contributed by atoms with Crippen LogP contribution in [0.2, 0.25) is 5.02 Å². The summed E-state index contributed by atoms with van der Waals surface area (Å²) in [6.45, 7) is 1.89. The monoisotopic (exact) mass is 320 g/mol. The summed E-state index contributed by atoms with van der Waals surface area (Å²) in [5.41, 5.74) is 1.11. The van der Waals surface area contributed by atoms with Crippen molar-refractivity contribution in [3.8, 4) is 11.1 Å². The first-order valence-electron chi connectivity index (χ1n) is 7.10. The highest BCUT2D eigenvalue weighted by molar-refractivity contribution is 6.33. The normalized spacial score (nSPS) is 12.0. The summed E-state index contributed by atoms with van der Waals surface area (Å²) in [5.74, 6) is -0.755. The number of amides is 1. The molecule has 2 aromatic carbocycles. The van der Waals surface area contributed by atoms with Crippen LogP contribution in [0.15, 0.2) is 42.5 Å². The van der Waals surface area contributed by atoms with E-state index in [2.05, 4.69) is 10.6 Å². The molecular weight excluding hydrogens is 303 g/mol. The third-order valence-electron chi connectivity index (χ3n) is 3.49. The number of anilines is 1. The standard InChI is InChI=1S/C17H18ClFN2O/c1-3-14(20-2)17(22)21-15-10-6-8-12(16(15)19)11-7-4-5-9-13(11)18/h4-10,14,20H,3H2,1-2H3,(H,21,22). The molecule has 2 N–H and O–H groups in total. The SMILES string of the molecule is CCC(NC)C(=O)Nc1cccc(-c2ccccc2Cl)c1F. The summed E-state index contributed by atoms with van der Waals surface area (Å²) in [5, 5.41) is 5.98. The minimum absolute atomic E-state index is 0.149. The predicted molar refractivity (Wildman–Crippen MR) is 88.6 cm³/mol. The van der Waals surface area contributed by atoms with Crippen molar-refractivity contribution in [2.75, 3.05) is 12.4 Å². The number of likely N-dealkylation sites (N-methyl/N-ethyl adjacent to an activating group) is 1. The highest BCUT2D eigenvalue weighted by Crippen LogP contribution is 2.32. The number of nitrogens with one attached hydrogen (secondary N) is 2. The summed E-state index contributed by atoms with van der Waals surface area (Å²) in [6.07, 6.45) is 0.619. The van der Waals surface area contributed by atoms with E-state index in [9.17, 15) is 9.18 Å². The molecule has 2 aromatic rings. The Balaban J connectivity index is 2.35.